The summed E-state index contributed by atoms with van der Waals surface area (Å²) in [4.78, 5) is 0. The molecule has 0 heterocycles. The van der Waals surface area contributed by atoms with Crippen molar-refractivity contribution >= 4 is 0 Å². The Bertz CT molecular complexity index is 405. The predicted molar refractivity (Wildman–Crippen MR) is 80.3 cm³/mol. The molecule has 0 spiro atoms. The topological polar surface area (TPSA) is 32.3 Å². The van der Waals surface area contributed by atoms with Crippen LogP contribution in [0.3, 0.4) is 0 Å². The molecular weight excluding hydrogens is 234 g/mol. The minimum absolute atomic E-state index is 0.123. The smallest absolute Gasteiger partial charge is 0.0665 e. The molecule has 0 saturated heterocycles. The van der Waals surface area contributed by atoms with Crippen molar-refractivity contribution in [3.05, 3.63) is 35.9 Å². The first-order chi connectivity index (χ1) is 8.80. The maximum absolute atomic E-state index is 10.6. The standard InChI is InChI=1S/C17H27NO/c1-16(2,3)18-11-10-17(4,19)15-12-14(15)13-8-6-5-7-9-13/h5-9,14-15,18-19H,10-12H2,1-4H3. The van der Waals surface area contributed by atoms with Gasteiger partial charge in [0.15, 0.2) is 0 Å². The van der Waals surface area contributed by atoms with Gasteiger partial charge < -0.3 is 10.4 Å². The Morgan fingerprint density at radius 1 is 1.16 bits per heavy atom. The Balaban J connectivity index is 1.85. The van der Waals surface area contributed by atoms with Crippen molar-refractivity contribution in [2.24, 2.45) is 5.92 Å². The third-order valence-corrected chi connectivity index (χ3v) is 4.10. The molecule has 1 aliphatic carbocycles. The van der Waals surface area contributed by atoms with Gasteiger partial charge in [-0.15, -0.1) is 0 Å². The molecule has 1 aromatic carbocycles. The van der Waals surface area contributed by atoms with E-state index in [0.29, 0.717) is 11.8 Å². The summed E-state index contributed by atoms with van der Waals surface area (Å²) in [6.07, 6.45) is 1.94. The normalized spacial score (nSPS) is 25.9. The van der Waals surface area contributed by atoms with Crippen molar-refractivity contribution in [1.29, 1.82) is 0 Å². The largest absolute Gasteiger partial charge is 0.390 e. The van der Waals surface area contributed by atoms with Gasteiger partial charge in [0.05, 0.1) is 5.60 Å². The summed E-state index contributed by atoms with van der Waals surface area (Å²) >= 11 is 0. The van der Waals surface area contributed by atoms with Crippen LogP contribution in [0, 0.1) is 5.92 Å². The van der Waals surface area contributed by atoms with Gasteiger partial charge in [-0.2, -0.15) is 0 Å². The fraction of sp³-hybridized carbons (Fsp3) is 0.647. The highest BCUT2D eigenvalue weighted by Crippen LogP contribution is 2.54. The predicted octanol–water partition coefficient (Wildman–Crippen LogP) is 3.32. The fourth-order valence-electron chi connectivity index (χ4n) is 2.83. The van der Waals surface area contributed by atoms with E-state index in [0.717, 1.165) is 19.4 Å². The van der Waals surface area contributed by atoms with Crippen LogP contribution in [0.2, 0.25) is 0 Å². The second-order valence-electron chi connectivity index (χ2n) is 7.14. The lowest BCUT2D eigenvalue weighted by Crippen LogP contribution is -2.40. The second-order valence-corrected chi connectivity index (χ2v) is 7.14. The third kappa shape index (κ3) is 4.05. The SMILES string of the molecule is CC(C)(C)NCCC(C)(O)C1CC1c1ccccc1. The van der Waals surface area contributed by atoms with Crippen molar-refractivity contribution in [1.82, 2.24) is 5.32 Å². The summed E-state index contributed by atoms with van der Waals surface area (Å²) in [7, 11) is 0. The fourth-order valence-corrected chi connectivity index (χ4v) is 2.83. The van der Waals surface area contributed by atoms with Gasteiger partial charge in [-0.3, -0.25) is 0 Å². The van der Waals surface area contributed by atoms with Crippen LogP contribution in [0.5, 0.6) is 0 Å². The van der Waals surface area contributed by atoms with E-state index in [1.165, 1.54) is 5.56 Å². The quantitative estimate of drug-likeness (QED) is 0.852. The van der Waals surface area contributed by atoms with E-state index in [9.17, 15) is 5.11 Å². The van der Waals surface area contributed by atoms with Gasteiger partial charge in [0, 0.05) is 5.54 Å². The highest BCUT2D eigenvalue weighted by Gasteiger charge is 2.49. The molecule has 2 heteroatoms. The molecule has 0 bridgehead atoms. The number of benzene rings is 1. The summed E-state index contributed by atoms with van der Waals surface area (Å²) in [6, 6.07) is 10.6. The Morgan fingerprint density at radius 2 is 1.79 bits per heavy atom. The Labute approximate surface area is 117 Å². The molecule has 1 fully saturated rings. The van der Waals surface area contributed by atoms with E-state index in [2.05, 4.69) is 50.4 Å². The molecule has 2 rings (SSSR count). The van der Waals surface area contributed by atoms with E-state index < -0.39 is 5.60 Å². The lowest BCUT2D eigenvalue weighted by Gasteiger charge is -2.27. The Morgan fingerprint density at radius 3 is 2.37 bits per heavy atom. The Kier molecular flexibility index (Phi) is 4.03. The third-order valence-electron chi connectivity index (χ3n) is 4.10. The average Bonchev–Trinajstić information content (AvgIpc) is 3.08. The molecule has 0 radical (unpaired) electrons. The monoisotopic (exact) mass is 261 g/mol. The lowest BCUT2D eigenvalue weighted by atomic mass is 9.92. The molecule has 3 atom stereocenters. The van der Waals surface area contributed by atoms with Gasteiger partial charge in [0.2, 0.25) is 0 Å². The highest BCUT2D eigenvalue weighted by atomic mass is 16.3. The zero-order valence-electron chi connectivity index (χ0n) is 12.6. The van der Waals surface area contributed by atoms with Crippen LogP contribution in [0.1, 0.15) is 52.0 Å². The molecule has 2 nitrogen and oxygen atoms in total. The van der Waals surface area contributed by atoms with Crippen LogP contribution in [0.25, 0.3) is 0 Å². The molecule has 1 aromatic rings. The van der Waals surface area contributed by atoms with E-state index in [1.807, 2.05) is 13.0 Å². The van der Waals surface area contributed by atoms with E-state index in [1.54, 1.807) is 0 Å². The van der Waals surface area contributed by atoms with Gasteiger partial charge in [0.1, 0.15) is 0 Å². The first-order valence-electron chi connectivity index (χ1n) is 7.32. The summed E-state index contributed by atoms with van der Waals surface area (Å²) in [5.74, 6) is 0.961. The zero-order chi connectivity index (χ0) is 14.1. The molecule has 0 aromatic heterocycles. The summed E-state index contributed by atoms with van der Waals surface area (Å²) in [6.45, 7) is 9.34. The number of aliphatic hydroxyl groups is 1. The maximum atomic E-state index is 10.6. The van der Waals surface area contributed by atoms with Crippen LogP contribution in [0.4, 0.5) is 0 Å². The average molecular weight is 261 g/mol. The molecule has 1 aliphatic rings. The van der Waals surface area contributed by atoms with Gasteiger partial charge in [-0.1, -0.05) is 30.3 Å². The van der Waals surface area contributed by atoms with Crippen LogP contribution in [-0.2, 0) is 0 Å². The zero-order valence-corrected chi connectivity index (χ0v) is 12.6. The van der Waals surface area contributed by atoms with Crippen molar-refractivity contribution in [2.45, 2.75) is 57.6 Å². The molecule has 106 valence electrons. The summed E-state index contributed by atoms with van der Waals surface area (Å²) in [5, 5.41) is 14.1. The van der Waals surface area contributed by atoms with Crippen LogP contribution in [0.15, 0.2) is 30.3 Å². The van der Waals surface area contributed by atoms with Crippen LogP contribution < -0.4 is 5.32 Å². The maximum Gasteiger partial charge on any atom is 0.0665 e. The van der Waals surface area contributed by atoms with Gasteiger partial charge in [0.25, 0.3) is 0 Å². The van der Waals surface area contributed by atoms with Crippen molar-refractivity contribution in [3.8, 4) is 0 Å². The van der Waals surface area contributed by atoms with Gasteiger partial charge >= 0.3 is 0 Å². The molecule has 19 heavy (non-hydrogen) atoms. The van der Waals surface area contributed by atoms with E-state index in [-0.39, 0.29) is 5.54 Å². The van der Waals surface area contributed by atoms with Crippen molar-refractivity contribution < 1.29 is 5.11 Å². The molecule has 3 unspecified atom stereocenters. The molecule has 1 saturated carbocycles. The van der Waals surface area contributed by atoms with Crippen molar-refractivity contribution in [2.75, 3.05) is 6.54 Å². The first kappa shape index (κ1) is 14.5. The first-order valence-corrected chi connectivity index (χ1v) is 7.32. The van der Waals surface area contributed by atoms with Crippen molar-refractivity contribution in [3.63, 3.8) is 0 Å². The van der Waals surface area contributed by atoms with Crippen LogP contribution >= 0.6 is 0 Å². The summed E-state index contributed by atoms with van der Waals surface area (Å²) < 4.78 is 0. The molecule has 2 N–H and O–H groups in total. The minimum Gasteiger partial charge on any atom is -0.390 e. The number of nitrogens with one attached hydrogen (secondary N) is 1. The molecule has 0 amide bonds. The van der Waals surface area contributed by atoms with E-state index in [4.69, 9.17) is 0 Å². The number of rotatable bonds is 5. The summed E-state index contributed by atoms with van der Waals surface area (Å²) in [5.41, 5.74) is 0.938. The van der Waals surface area contributed by atoms with Gasteiger partial charge in [-0.05, 0) is 64.5 Å². The molecular formula is C17H27NO. The number of hydrogen-bond acceptors (Lipinski definition) is 2. The van der Waals surface area contributed by atoms with Gasteiger partial charge in [-0.25, -0.2) is 0 Å². The highest BCUT2D eigenvalue weighted by molar-refractivity contribution is 5.27. The Hall–Kier alpha value is -0.860. The molecule has 0 aliphatic heterocycles. The lowest BCUT2D eigenvalue weighted by molar-refractivity contribution is 0.0250. The van der Waals surface area contributed by atoms with Crippen LogP contribution in [-0.4, -0.2) is 22.8 Å². The van der Waals surface area contributed by atoms with E-state index >= 15 is 0 Å². The minimum atomic E-state index is -0.557. The number of hydrogen-bond donors (Lipinski definition) is 2. The second kappa shape index (κ2) is 5.26.